The van der Waals surface area contributed by atoms with Gasteiger partial charge in [-0.05, 0) is 29.8 Å². The van der Waals surface area contributed by atoms with Gasteiger partial charge in [0.2, 0.25) is 0 Å². The van der Waals surface area contributed by atoms with Gasteiger partial charge < -0.3 is 15.7 Å². The fourth-order valence-corrected chi connectivity index (χ4v) is 3.19. The van der Waals surface area contributed by atoms with E-state index in [9.17, 15) is 5.11 Å². The van der Waals surface area contributed by atoms with E-state index in [1.807, 2.05) is 66.7 Å². The molecule has 0 aliphatic carbocycles. The number of nitrogens with one attached hydrogen (secondary N) is 2. The van der Waals surface area contributed by atoms with Crippen LogP contribution in [0.3, 0.4) is 0 Å². The highest BCUT2D eigenvalue weighted by molar-refractivity contribution is 6.03. The molecular formula is C22H17N3O. The average Bonchev–Trinajstić information content (AvgIpc) is 3.02. The van der Waals surface area contributed by atoms with Gasteiger partial charge in [0, 0.05) is 22.5 Å². The second-order valence-corrected chi connectivity index (χ2v) is 6.06. The number of benzene rings is 3. The molecule has 3 aromatic rings. The van der Waals surface area contributed by atoms with Gasteiger partial charge in [-0.15, -0.1) is 0 Å². The number of hydrogen-bond acceptors (Lipinski definition) is 4. The summed E-state index contributed by atoms with van der Waals surface area (Å²) in [6.07, 6.45) is -0.811. The summed E-state index contributed by atoms with van der Waals surface area (Å²) in [5.41, 5.74) is 5.80. The zero-order valence-electron chi connectivity index (χ0n) is 14.0. The zero-order chi connectivity index (χ0) is 17.9. The molecule has 0 saturated heterocycles. The highest BCUT2D eigenvalue weighted by Crippen LogP contribution is 2.39. The summed E-state index contributed by atoms with van der Waals surface area (Å²) < 4.78 is 0. The van der Waals surface area contributed by atoms with Crippen LogP contribution in [0.2, 0.25) is 0 Å². The number of nitriles is 1. The predicted octanol–water partition coefficient (Wildman–Crippen LogP) is 4.28. The third-order valence-corrected chi connectivity index (χ3v) is 4.38. The molecule has 1 heterocycles. The predicted molar refractivity (Wildman–Crippen MR) is 104 cm³/mol. The lowest BCUT2D eigenvalue weighted by Gasteiger charge is -2.17. The van der Waals surface area contributed by atoms with Crippen molar-refractivity contribution in [2.24, 2.45) is 0 Å². The lowest BCUT2D eigenvalue weighted by atomic mass is 9.99. The minimum atomic E-state index is -0.811. The Kier molecular flexibility index (Phi) is 4.14. The van der Waals surface area contributed by atoms with Crippen LogP contribution in [0, 0.1) is 11.3 Å². The molecule has 3 aromatic carbocycles. The highest BCUT2D eigenvalue weighted by Gasteiger charge is 2.28. The molecule has 1 aliphatic heterocycles. The van der Waals surface area contributed by atoms with Gasteiger partial charge in [-0.3, -0.25) is 0 Å². The Morgan fingerprint density at radius 2 is 1.73 bits per heavy atom. The van der Waals surface area contributed by atoms with Crippen molar-refractivity contribution >= 4 is 22.6 Å². The van der Waals surface area contributed by atoms with Crippen molar-refractivity contribution in [2.45, 2.75) is 6.23 Å². The summed E-state index contributed by atoms with van der Waals surface area (Å²) in [7, 11) is 0. The lowest BCUT2D eigenvalue weighted by Crippen LogP contribution is -2.16. The van der Waals surface area contributed by atoms with Gasteiger partial charge in [0.05, 0.1) is 17.3 Å². The molecule has 3 N–H and O–H groups in total. The first-order valence-electron chi connectivity index (χ1n) is 8.37. The van der Waals surface area contributed by atoms with Crippen LogP contribution in [-0.4, -0.2) is 11.3 Å². The summed E-state index contributed by atoms with van der Waals surface area (Å²) in [5.74, 6) is 0. The van der Waals surface area contributed by atoms with Gasteiger partial charge in [0.1, 0.15) is 0 Å². The molecule has 1 unspecified atom stereocenters. The number of nitrogens with zero attached hydrogens (tertiary/aromatic N) is 1. The van der Waals surface area contributed by atoms with Crippen LogP contribution in [-0.2, 0) is 0 Å². The summed E-state index contributed by atoms with van der Waals surface area (Å²) in [4.78, 5) is 0. The fourth-order valence-electron chi connectivity index (χ4n) is 3.19. The molecule has 0 amide bonds. The van der Waals surface area contributed by atoms with E-state index < -0.39 is 6.23 Å². The molecule has 26 heavy (non-hydrogen) atoms. The van der Waals surface area contributed by atoms with E-state index in [-0.39, 0.29) is 0 Å². The maximum absolute atomic E-state index is 10.7. The second-order valence-electron chi connectivity index (χ2n) is 6.06. The molecule has 0 spiro atoms. The van der Waals surface area contributed by atoms with E-state index in [4.69, 9.17) is 5.26 Å². The van der Waals surface area contributed by atoms with Crippen LogP contribution in [0.25, 0.3) is 11.3 Å². The quantitative estimate of drug-likeness (QED) is 0.666. The third kappa shape index (κ3) is 2.92. The van der Waals surface area contributed by atoms with E-state index in [1.54, 1.807) is 12.1 Å². The van der Waals surface area contributed by atoms with Gasteiger partial charge in [-0.1, -0.05) is 54.6 Å². The Hall–Kier alpha value is -3.55. The van der Waals surface area contributed by atoms with Crippen LogP contribution in [0.5, 0.6) is 0 Å². The van der Waals surface area contributed by atoms with Crippen LogP contribution in [0.15, 0.2) is 78.9 Å². The molecule has 0 bridgehead atoms. The van der Waals surface area contributed by atoms with E-state index in [0.717, 1.165) is 33.8 Å². The van der Waals surface area contributed by atoms with E-state index in [2.05, 4.69) is 16.7 Å². The molecular weight excluding hydrogens is 322 g/mol. The number of fused-ring (bicyclic) bond motifs is 1. The summed E-state index contributed by atoms with van der Waals surface area (Å²) in [5, 5.41) is 26.3. The van der Waals surface area contributed by atoms with Crippen molar-refractivity contribution in [3.8, 4) is 6.07 Å². The standard InChI is InChI=1S/C22H17N3O/c23-14-15-7-6-10-17(13-15)24-21(16-8-2-1-3-9-16)20-18-11-4-5-12-19(18)25-22(20)26/h1-13,22,24-26H/b21-20-. The molecule has 4 rings (SSSR count). The van der Waals surface area contributed by atoms with Gasteiger partial charge in [-0.2, -0.15) is 5.26 Å². The Bertz CT molecular complexity index is 1020. The summed E-state index contributed by atoms with van der Waals surface area (Å²) in [6, 6.07) is 27.2. The van der Waals surface area contributed by atoms with Crippen molar-refractivity contribution in [3.05, 3.63) is 95.6 Å². The molecule has 126 valence electrons. The van der Waals surface area contributed by atoms with E-state index >= 15 is 0 Å². The Balaban J connectivity index is 1.88. The Morgan fingerprint density at radius 1 is 0.962 bits per heavy atom. The lowest BCUT2D eigenvalue weighted by molar-refractivity contribution is 0.266. The van der Waals surface area contributed by atoms with Crippen molar-refractivity contribution in [2.75, 3.05) is 10.6 Å². The molecule has 4 nitrogen and oxygen atoms in total. The highest BCUT2D eigenvalue weighted by atomic mass is 16.3. The van der Waals surface area contributed by atoms with Gasteiger partial charge >= 0.3 is 0 Å². The molecule has 4 heteroatoms. The van der Waals surface area contributed by atoms with E-state index in [0.29, 0.717) is 5.56 Å². The van der Waals surface area contributed by atoms with Crippen LogP contribution >= 0.6 is 0 Å². The first-order valence-corrected chi connectivity index (χ1v) is 8.37. The van der Waals surface area contributed by atoms with Gasteiger partial charge in [0.15, 0.2) is 6.23 Å². The normalized spacial score (nSPS) is 17.0. The third-order valence-electron chi connectivity index (χ3n) is 4.38. The van der Waals surface area contributed by atoms with Crippen LogP contribution < -0.4 is 10.6 Å². The molecule has 0 saturated carbocycles. The van der Waals surface area contributed by atoms with Crippen molar-refractivity contribution in [1.82, 2.24) is 0 Å². The molecule has 1 aliphatic rings. The second kappa shape index (κ2) is 6.75. The molecule has 0 radical (unpaired) electrons. The first-order chi connectivity index (χ1) is 12.8. The van der Waals surface area contributed by atoms with Crippen molar-refractivity contribution < 1.29 is 5.11 Å². The number of rotatable bonds is 3. The number of aliphatic hydroxyl groups is 1. The van der Waals surface area contributed by atoms with Crippen LogP contribution in [0.1, 0.15) is 16.7 Å². The molecule has 0 aromatic heterocycles. The Morgan fingerprint density at radius 3 is 2.54 bits per heavy atom. The molecule has 0 fully saturated rings. The first kappa shape index (κ1) is 15.9. The summed E-state index contributed by atoms with van der Waals surface area (Å²) >= 11 is 0. The van der Waals surface area contributed by atoms with Crippen LogP contribution in [0.4, 0.5) is 11.4 Å². The maximum atomic E-state index is 10.7. The monoisotopic (exact) mass is 339 g/mol. The minimum Gasteiger partial charge on any atom is -0.369 e. The van der Waals surface area contributed by atoms with Crippen molar-refractivity contribution in [3.63, 3.8) is 0 Å². The largest absolute Gasteiger partial charge is 0.369 e. The average molecular weight is 339 g/mol. The number of hydrogen-bond donors (Lipinski definition) is 3. The minimum absolute atomic E-state index is 0.581. The smallest absolute Gasteiger partial charge is 0.153 e. The maximum Gasteiger partial charge on any atom is 0.153 e. The van der Waals surface area contributed by atoms with E-state index in [1.165, 1.54) is 0 Å². The van der Waals surface area contributed by atoms with Gasteiger partial charge in [-0.25, -0.2) is 0 Å². The summed E-state index contributed by atoms with van der Waals surface area (Å²) in [6.45, 7) is 0. The Labute approximate surface area is 152 Å². The fraction of sp³-hybridized carbons (Fsp3) is 0.0455. The number of para-hydroxylation sites is 1. The SMILES string of the molecule is N#Cc1cccc(N/C(=C2/c3ccccc3NC2O)c2ccccc2)c1. The zero-order valence-corrected chi connectivity index (χ0v) is 14.0. The topological polar surface area (TPSA) is 68.1 Å². The van der Waals surface area contributed by atoms with Gasteiger partial charge in [0.25, 0.3) is 0 Å². The number of anilines is 2. The molecule has 1 atom stereocenters. The van der Waals surface area contributed by atoms with Crippen molar-refractivity contribution in [1.29, 1.82) is 5.26 Å². The number of aliphatic hydroxyl groups excluding tert-OH is 1.